The minimum Gasteiger partial charge on any atom is -0.377 e. The SMILES string of the molecule is C#Cc1cc(NC(C2=CN(C3CC3)NN2)c2ccc(F)cc2)cc2c(N[C@H](CC)c3ccccc3)c(C#N)cnc12. The average Bonchev–Trinajstić information content (AvgIpc) is 3.75. The Balaban J connectivity index is 1.43. The van der Waals surface area contributed by atoms with Gasteiger partial charge >= 0.3 is 0 Å². The first-order chi connectivity index (χ1) is 20.1. The normalized spacial score (nSPS) is 15.8. The van der Waals surface area contributed by atoms with Crippen molar-refractivity contribution in [2.75, 3.05) is 10.6 Å². The van der Waals surface area contributed by atoms with Gasteiger partial charge in [-0.15, -0.1) is 12.0 Å². The number of terminal acetylenes is 1. The summed E-state index contributed by atoms with van der Waals surface area (Å²) in [6.07, 6.45) is 12.7. The second-order valence-electron chi connectivity index (χ2n) is 10.3. The van der Waals surface area contributed by atoms with Crippen LogP contribution in [0.3, 0.4) is 0 Å². The van der Waals surface area contributed by atoms with Crippen LogP contribution in [0.25, 0.3) is 10.9 Å². The summed E-state index contributed by atoms with van der Waals surface area (Å²) in [5, 5.41) is 20.1. The second kappa shape index (κ2) is 11.2. The second-order valence-corrected chi connectivity index (χ2v) is 10.3. The maximum Gasteiger partial charge on any atom is 0.123 e. The van der Waals surface area contributed by atoms with Gasteiger partial charge in [0.2, 0.25) is 0 Å². The Morgan fingerprint density at radius 3 is 2.54 bits per heavy atom. The number of fused-ring (bicyclic) bond motifs is 1. The van der Waals surface area contributed by atoms with Crippen LogP contribution in [0.1, 0.15) is 60.5 Å². The largest absolute Gasteiger partial charge is 0.377 e. The minimum absolute atomic E-state index is 0.0147. The van der Waals surface area contributed by atoms with E-state index < -0.39 is 0 Å². The number of hydrogen-bond donors (Lipinski definition) is 4. The van der Waals surface area contributed by atoms with Gasteiger partial charge in [-0.2, -0.15) is 5.26 Å². The number of rotatable bonds is 9. The molecule has 2 aliphatic rings. The summed E-state index contributed by atoms with van der Waals surface area (Å²) in [7, 11) is 0. The van der Waals surface area contributed by atoms with Gasteiger partial charge in [-0.25, -0.2) is 4.39 Å². The number of hydrazine groups is 2. The van der Waals surface area contributed by atoms with Crippen LogP contribution in [0.5, 0.6) is 0 Å². The van der Waals surface area contributed by atoms with Crippen molar-refractivity contribution in [2.24, 2.45) is 0 Å². The van der Waals surface area contributed by atoms with Gasteiger partial charge in [0.25, 0.3) is 0 Å². The van der Waals surface area contributed by atoms with Gasteiger partial charge in [0.15, 0.2) is 0 Å². The lowest BCUT2D eigenvalue weighted by Gasteiger charge is -2.24. The van der Waals surface area contributed by atoms with E-state index in [-0.39, 0.29) is 17.9 Å². The minimum atomic E-state index is -0.328. The van der Waals surface area contributed by atoms with Crippen molar-refractivity contribution in [3.8, 4) is 18.4 Å². The third kappa shape index (κ3) is 5.38. The lowest BCUT2D eigenvalue weighted by molar-refractivity contribution is 0.260. The number of nitriles is 1. The van der Waals surface area contributed by atoms with Crippen LogP contribution >= 0.6 is 0 Å². The first-order valence-electron chi connectivity index (χ1n) is 13.8. The molecule has 0 amide bonds. The van der Waals surface area contributed by atoms with Crippen LogP contribution in [0.4, 0.5) is 15.8 Å². The zero-order chi connectivity index (χ0) is 28.3. The summed E-state index contributed by atoms with van der Waals surface area (Å²) in [6.45, 7) is 2.11. The third-order valence-electron chi connectivity index (χ3n) is 7.55. The van der Waals surface area contributed by atoms with E-state index in [1.54, 1.807) is 18.3 Å². The summed E-state index contributed by atoms with van der Waals surface area (Å²) in [5.41, 5.74) is 12.5. The molecule has 0 radical (unpaired) electrons. The molecule has 1 aliphatic heterocycles. The first kappa shape index (κ1) is 26.2. The van der Waals surface area contributed by atoms with Crippen molar-refractivity contribution in [1.29, 1.82) is 5.26 Å². The van der Waals surface area contributed by atoms with Crippen LogP contribution in [0, 0.1) is 29.5 Å². The molecule has 1 saturated carbocycles. The maximum absolute atomic E-state index is 13.8. The van der Waals surface area contributed by atoms with Crippen LogP contribution in [0.2, 0.25) is 0 Å². The molecule has 2 heterocycles. The van der Waals surface area contributed by atoms with Gasteiger partial charge in [-0.05, 0) is 54.7 Å². The molecule has 1 aromatic heterocycles. The molecular formula is C33H30FN7. The van der Waals surface area contributed by atoms with Crippen molar-refractivity contribution in [3.63, 3.8) is 0 Å². The zero-order valence-electron chi connectivity index (χ0n) is 22.7. The molecule has 0 spiro atoms. The molecule has 204 valence electrons. The lowest BCUT2D eigenvalue weighted by Crippen LogP contribution is -2.38. The van der Waals surface area contributed by atoms with Gasteiger partial charge in [0, 0.05) is 29.5 Å². The van der Waals surface area contributed by atoms with Crippen molar-refractivity contribution in [3.05, 3.63) is 113 Å². The quantitative estimate of drug-likeness (QED) is 0.185. The molecule has 8 heteroatoms. The van der Waals surface area contributed by atoms with Gasteiger partial charge < -0.3 is 16.1 Å². The van der Waals surface area contributed by atoms with E-state index in [0.29, 0.717) is 28.4 Å². The van der Waals surface area contributed by atoms with Crippen molar-refractivity contribution >= 4 is 22.3 Å². The Morgan fingerprint density at radius 2 is 1.85 bits per heavy atom. The Morgan fingerprint density at radius 1 is 1.07 bits per heavy atom. The molecule has 41 heavy (non-hydrogen) atoms. The highest BCUT2D eigenvalue weighted by molar-refractivity contribution is 5.99. The smallest absolute Gasteiger partial charge is 0.123 e. The van der Waals surface area contributed by atoms with Gasteiger partial charge in [0.1, 0.15) is 11.9 Å². The molecule has 2 atom stereocenters. The number of anilines is 2. The Kier molecular flexibility index (Phi) is 7.16. The van der Waals surface area contributed by atoms with Crippen LogP contribution in [0.15, 0.2) is 84.8 Å². The molecule has 7 nitrogen and oxygen atoms in total. The van der Waals surface area contributed by atoms with E-state index in [9.17, 15) is 9.65 Å². The van der Waals surface area contributed by atoms with E-state index in [1.165, 1.54) is 12.1 Å². The molecule has 0 bridgehead atoms. The summed E-state index contributed by atoms with van der Waals surface area (Å²) in [4.78, 5) is 4.58. The van der Waals surface area contributed by atoms with E-state index >= 15 is 0 Å². The fourth-order valence-corrected chi connectivity index (χ4v) is 5.22. The van der Waals surface area contributed by atoms with Gasteiger partial charge in [-0.3, -0.25) is 9.99 Å². The van der Waals surface area contributed by atoms with Gasteiger partial charge in [-0.1, -0.05) is 55.3 Å². The Labute approximate surface area is 239 Å². The average molecular weight is 544 g/mol. The Bertz CT molecular complexity index is 1680. The predicted octanol–water partition coefficient (Wildman–Crippen LogP) is 6.27. The number of nitrogens with one attached hydrogen (secondary N) is 4. The zero-order valence-corrected chi connectivity index (χ0v) is 22.7. The van der Waals surface area contributed by atoms with Crippen LogP contribution < -0.4 is 21.6 Å². The summed E-state index contributed by atoms with van der Waals surface area (Å²) < 4.78 is 13.8. The van der Waals surface area contributed by atoms with E-state index in [4.69, 9.17) is 6.42 Å². The summed E-state index contributed by atoms with van der Waals surface area (Å²) >= 11 is 0. The number of hydrogen-bond acceptors (Lipinski definition) is 7. The molecule has 6 rings (SSSR count). The molecule has 1 fully saturated rings. The summed E-state index contributed by atoms with van der Waals surface area (Å²) in [5.74, 6) is 2.48. The maximum atomic E-state index is 13.8. The third-order valence-corrected chi connectivity index (χ3v) is 7.55. The molecule has 4 aromatic rings. The highest BCUT2D eigenvalue weighted by Crippen LogP contribution is 2.36. The molecule has 0 saturated heterocycles. The molecule has 1 aliphatic carbocycles. The number of pyridine rings is 1. The topological polar surface area (TPSA) is 88.0 Å². The van der Waals surface area contributed by atoms with E-state index in [2.05, 4.69) is 68.8 Å². The number of halogens is 1. The van der Waals surface area contributed by atoms with Gasteiger partial charge in [0.05, 0.1) is 40.1 Å². The van der Waals surface area contributed by atoms with E-state index in [1.807, 2.05) is 30.3 Å². The number of aromatic nitrogens is 1. The first-order valence-corrected chi connectivity index (χ1v) is 13.8. The monoisotopic (exact) mass is 543 g/mol. The predicted molar refractivity (Wildman–Crippen MR) is 159 cm³/mol. The number of nitrogens with zero attached hydrogens (tertiary/aromatic N) is 3. The standard InChI is InChI=1S/C33H30FN7/c1-3-21-16-26(37-33(23-10-12-25(34)13-11-23)30-20-41(40-39-30)27-14-15-27)17-28-31(21)36-19-24(18-35)32(28)38-29(4-2)22-8-6-5-7-9-22/h1,5-13,16-17,19-20,27,29,33,37,39-40H,4,14-15H2,2H3,(H,36,38)/t29-,33?/m1/s1. The molecule has 3 aromatic carbocycles. The fourth-order valence-electron chi connectivity index (χ4n) is 5.22. The highest BCUT2D eigenvalue weighted by Gasteiger charge is 2.32. The molecular weight excluding hydrogens is 513 g/mol. The van der Waals surface area contributed by atoms with Crippen LogP contribution in [-0.2, 0) is 0 Å². The van der Waals surface area contributed by atoms with Crippen LogP contribution in [-0.4, -0.2) is 16.0 Å². The van der Waals surface area contributed by atoms with Crippen molar-refractivity contribution in [2.45, 2.75) is 44.3 Å². The molecule has 4 N–H and O–H groups in total. The highest BCUT2D eigenvalue weighted by atomic mass is 19.1. The van der Waals surface area contributed by atoms with Crippen molar-refractivity contribution < 1.29 is 4.39 Å². The van der Waals surface area contributed by atoms with E-state index in [0.717, 1.165) is 47.2 Å². The lowest BCUT2D eigenvalue weighted by atomic mass is 10.00. The van der Waals surface area contributed by atoms with Crippen molar-refractivity contribution in [1.82, 2.24) is 21.0 Å². The molecule has 1 unspecified atom stereocenters. The Hall–Kier alpha value is -5.05. The summed E-state index contributed by atoms with van der Waals surface area (Å²) in [6, 6.07) is 22.9. The fraction of sp³-hybridized carbons (Fsp3) is 0.212. The number of benzene rings is 3.